The van der Waals surface area contributed by atoms with Crippen molar-refractivity contribution in [3.8, 4) is 0 Å². The first-order chi connectivity index (χ1) is 7.83. The average Bonchev–Trinajstić information content (AvgIpc) is 2.28. The van der Waals surface area contributed by atoms with Crippen molar-refractivity contribution in [3.05, 3.63) is 0 Å². The largest absolute Gasteiger partial charge is 0.317 e. The third kappa shape index (κ3) is 6.77. The van der Waals surface area contributed by atoms with Crippen LogP contribution in [0.1, 0.15) is 39.5 Å². The third-order valence-electron chi connectivity index (χ3n) is 3.08. The molecule has 0 aromatic heterocycles. The van der Waals surface area contributed by atoms with E-state index in [0.29, 0.717) is 0 Å². The van der Waals surface area contributed by atoms with Gasteiger partial charge < -0.3 is 10.2 Å². The highest BCUT2D eigenvalue weighted by Crippen LogP contribution is 2.17. The molecular formula is C13H28N2S. The van der Waals surface area contributed by atoms with Gasteiger partial charge in [0.25, 0.3) is 0 Å². The maximum absolute atomic E-state index is 3.46. The zero-order valence-corrected chi connectivity index (χ0v) is 11.8. The summed E-state index contributed by atoms with van der Waals surface area (Å²) in [6, 6.07) is 0. The van der Waals surface area contributed by atoms with Crippen LogP contribution >= 0.6 is 11.8 Å². The normalized spacial score (nSPS) is 22.5. The van der Waals surface area contributed by atoms with Crippen LogP contribution in [0.5, 0.6) is 0 Å². The van der Waals surface area contributed by atoms with Crippen molar-refractivity contribution in [1.29, 1.82) is 0 Å². The molecule has 16 heavy (non-hydrogen) atoms. The molecule has 3 heteroatoms. The fraction of sp³-hybridized carbons (Fsp3) is 1.00. The van der Waals surface area contributed by atoms with Crippen molar-refractivity contribution >= 4 is 11.8 Å². The Labute approximate surface area is 106 Å². The minimum Gasteiger partial charge on any atom is -0.317 e. The van der Waals surface area contributed by atoms with Crippen LogP contribution in [0.2, 0.25) is 0 Å². The Hall–Kier alpha value is 0.270. The lowest BCUT2D eigenvalue weighted by Crippen LogP contribution is -2.37. The molecule has 96 valence electrons. The molecule has 1 fully saturated rings. The number of hydrogen-bond donors (Lipinski definition) is 1. The molecule has 0 spiro atoms. The van der Waals surface area contributed by atoms with Crippen LogP contribution in [0.25, 0.3) is 0 Å². The predicted molar refractivity (Wildman–Crippen MR) is 75.4 cm³/mol. The second-order valence-electron chi connectivity index (χ2n) is 4.79. The van der Waals surface area contributed by atoms with E-state index < -0.39 is 0 Å². The molecule has 0 aliphatic carbocycles. The average molecular weight is 244 g/mol. The van der Waals surface area contributed by atoms with Crippen LogP contribution in [0.3, 0.4) is 0 Å². The molecule has 0 bridgehead atoms. The summed E-state index contributed by atoms with van der Waals surface area (Å²) in [6.07, 6.45) is 5.36. The fourth-order valence-corrected chi connectivity index (χ4v) is 3.24. The van der Waals surface area contributed by atoms with Gasteiger partial charge in [0.15, 0.2) is 0 Å². The minimum absolute atomic E-state index is 0.847. The monoisotopic (exact) mass is 244 g/mol. The van der Waals surface area contributed by atoms with E-state index in [2.05, 4.69) is 35.8 Å². The molecule has 2 nitrogen and oxygen atoms in total. The van der Waals surface area contributed by atoms with Crippen LogP contribution in [0.4, 0.5) is 0 Å². The fourth-order valence-electron chi connectivity index (χ4n) is 2.16. The van der Waals surface area contributed by atoms with Gasteiger partial charge in [0, 0.05) is 24.1 Å². The first-order valence-electron chi connectivity index (χ1n) is 6.87. The molecule has 1 rings (SSSR count). The quantitative estimate of drug-likeness (QED) is 0.661. The van der Waals surface area contributed by atoms with Crippen molar-refractivity contribution in [2.45, 2.75) is 44.8 Å². The van der Waals surface area contributed by atoms with Gasteiger partial charge >= 0.3 is 0 Å². The Kier molecular flexibility index (Phi) is 8.34. The lowest BCUT2D eigenvalue weighted by Gasteiger charge is -2.30. The summed E-state index contributed by atoms with van der Waals surface area (Å²) >= 11 is 2.12. The predicted octanol–water partition coefficient (Wildman–Crippen LogP) is 2.59. The number of hydrogen-bond acceptors (Lipinski definition) is 3. The molecule has 0 radical (unpaired) electrons. The van der Waals surface area contributed by atoms with Crippen LogP contribution < -0.4 is 5.32 Å². The Balaban J connectivity index is 1.86. The van der Waals surface area contributed by atoms with Crippen LogP contribution in [0.15, 0.2) is 0 Å². The van der Waals surface area contributed by atoms with Crippen molar-refractivity contribution < 1.29 is 0 Å². The Morgan fingerprint density at radius 2 is 2.12 bits per heavy atom. The minimum atomic E-state index is 0.847. The van der Waals surface area contributed by atoms with Crippen LogP contribution in [0, 0.1) is 0 Å². The maximum atomic E-state index is 3.46. The van der Waals surface area contributed by atoms with Crippen LogP contribution in [-0.2, 0) is 0 Å². The topological polar surface area (TPSA) is 15.3 Å². The molecule has 0 amide bonds. The Morgan fingerprint density at radius 3 is 2.88 bits per heavy atom. The van der Waals surface area contributed by atoms with E-state index in [1.54, 1.807) is 0 Å². The lowest BCUT2D eigenvalue weighted by atomic mass is 10.2. The first-order valence-corrected chi connectivity index (χ1v) is 7.92. The van der Waals surface area contributed by atoms with E-state index in [1.807, 2.05) is 0 Å². The van der Waals surface area contributed by atoms with E-state index in [1.165, 1.54) is 64.2 Å². The molecule has 1 unspecified atom stereocenters. The number of rotatable bonds is 8. The number of thioether (sulfide) groups is 1. The van der Waals surface area contributed by atoms with Gasteiger partial charge in [0.1, 0.15) is 0 Å². The van der Waals surface area contributed by atoms with Crippen LogP contribution in [-0.4, -0.2) is 48.6 Å². The van der Waals surface area contributed by atoms with E-state index in [9.17, 15) is 0 Å². The highest BCUT2D eigenvalue weighted by molar-refractivity contribution is 7.99. The van der Waals surface area contributed by atoms with E-state index >= 15 is 0 Å². The standard InChI is InChI=1S/C13H28N2S/c1-3-7-14-8-5-4-6-9-15-10-11-16-13(2)12-15/h13-14H,3-12H2,1-2H3. The first kappa shape index (κ1) is 14.3. The summed E-state index contributed by atoms with van der Waals surface area (Å²) in [6.45, 7) is 10.9. The van der Waals surface area contributed by atoms with Gasteiger partial charge in [-0.25, -0.2) is 0 Å². The maximum Gasteiger partial charge on any atom is 0.0147 e. The van der Waals surface area contributed by atoms with Crippen molar-refractivity contribution in [2.75, 3.05) is 38.5 Å². The summed E-state index contributed by atoms with van der Waals surface area (Å²) in [5.74, 6) is 1.33. The molecule has 1 aliphatic rings. The summed E-state index contributed by atoms with van der Waals surface area (Å²) in [7, 11) is 0. The Bertz CT molecular complexity index is 164. The molecular weight excluding hydrogens is 216 g/mol. The SMILES string of the molecule is CCCNCCCCCN1CCSC(C)C1. The van der Waals surface area contributed by atoms with E-state index in [-0.39, 0.29) is 0 Å². The Morgan fingerprint density at radius 1 is 1.25 bits per heavy atom. The second kappa shape index (κ2) is 9.32. The van der Waals surface area contributed by atoms with Gasteiger partial charge in [0.2, 0.25) is 0 Å². The third-order valence-corrected chi connectivity index (χ3v) is 4.22. The molecule has 1 atom stereocenters. The molecule has 0 saturated carbocycles. The summed E-state index contributed by atoms with van der Waals surface area (Å²) in [5.41, 5.74) is 0. The number of nitrogens with zero attached hydrogens (tertiary/aromatic N) is 1. The van der Waals surface area contributed by atoms with Crippen molar-refractivity contribution in [3.63, 3.8) is 0 Å². The smallest absolute Gasteiger partial charge is 0.0147 e. The number of unbranched alkanes of at least 4 members (excludes halogenated alkanes) is 2. The highest BCUT2D eigenvalue weighted by atomic mass is 32.2. The second-order valence-corrected chi connectivity index (χ2v) is 6.34. The summed E-state index contributed by atoms with van der Waals surface area (Å²) in [5, 5.41) is 4.31. The molecule has 1 aliphatic heterocycles. The molecule has 1 saturated heterocycles. The van der Waals surface area contributed by atoms with E-state index in [4.69, 9.17) is 0 Å². The van der Waals surface area contributed by atoms with E-state index in [0.717, 1.165) is 5.25 Å². The van der Waals surface area contributed by atoms with Gasteiger partial charge in [-0.3, -0.25) is 0 Å². The molecule has 1 heterocycles. The zero-order valence-electron chi connectivity index (χ0n) is 11.0. The molecule has 0 aromatic rings. The number of nitrogens with one attached hydrogen (secondary N) is 1. The highest BCUT2D eigenvalue weighted by Gasteiger charge is 2.15. The lowest BCUT2D eigenvalue weighted by molar-refractivity contribution is 0.279. The van der Waals surface area contributed by atoms with Gasteiger partial charge in [-0.1, -0.05) is 20.3 Å². The van der Waals surface area contributed by atoms with Gasteiger partial charge in [-0.2, -0.15) is 11.8 Å². The van der Waals surface area contributed by atoms with Gasteiger partial charge in [-0.15, -0.1) is 0 Å². The zero-order chi connectivity index (χ0) is 11.6. The summed E-state index contributed by atoms with van der Waals surface area (Å²) < 4.78 is 0. The van der Waals surface area contributed by atoms with Gasteiger partial charge in [0.05, 0.1) is 0 Å². The van der Waals surface area contributed by atoms with Gasteiger partial charge in [-0.05, 0) is 38.9 Å². The molecule has 0 aromatic carbocycles. The van der Waals surface area contributed by atoms with Crippen molar-refractivity contribution in [1.82, 2.24) is 10.2 Å². The summed E-state index contributed by atoms with van der Waals surface area (Å²) in [4.78, 5) is 2.64. The molecule has 1 N–H and O–H groups in total. The van der Waals surface area contributed by atoms with Crippen molar-refractivity contribution in [2.24, 2.45) is 0 Å².